The molecule has 2 aromatic heterocycles. The maximum atomic E-state index is 11.1. The molecule has 5 aromatic rings. The van der Waals surface area contributed by atoms with Crippen molar-refractivity contribution in [3.63, 3.8) is 0 Å². The number of hydrogen-bond donors (Lipinski definition) is 1. The molecule has 0 aliphatic heterocycles. The summed E-state index contributed by atoms with van der Waals surface area (Å²) >= 11 is 0. The number of para-hydroxylation sites is 2. The third-order valence-electron chi connectivity index (χ3n) is 5.19. The van der Waals surface area contributed by atoms with Crippen LogP contribution in [-0.2, 0) is 6.54 Å². The van der Waals surface area contributed by atoms with E-state index in [1.54, 1.807) is 6.07 Å². The molecule has 0 atom stereocenters. The Kier molecular flexibility index (Phi) is 5.47. The number of benzene rings is 3. The van der Waals surface area contributed by atoms with E-state index in [1.165, 1.54) is 6.07 Å². The number of aliphatic imine (C=N–C) groups is 1. The van der Waals surface area contributed by atoms with Crippen molar-refractivity contribution in [1.29, 1.82) is 0 Å². The first-order valence-corrected chi connectivity index (χ1v) is 10.4. The zero-order chi connectivity index (χ0) is 22.6. The summed E-state index contributed by atoms with van der Waals surface area (Å²) in [7, 11) is 0. The molecule has 0 unspecified atom stereocenters. The molecule has 0 aliphatic carbocycles. The largest absolute Gasteiger partial charge is 0.475 e. The Labute approximate surface area is 190 Å². The summed E-state index contributed by atoms with van der Waals surface area (Å²) < 4.78 is 13.3. The summed E-state index contributed by atoms with van der Waals surface area (Å²) in [5.74, 6) is 0.963. The Morgan fingerprint density at radius 2 is 1.64 bits per heavy atom. The summed E-state index contributed by atoms with van der Waals surface area (Å²) in [6, 6.07) is 28.4. The van der Waals surface area contributed by atoms with E-state index >= 15 is 0 Å². The topological polar surface area (TPSA) is 77.0 Å². The Hall–Kier alpha value is -4.58. The van der Waals surface area contributed by atoms with Gasteiger partial charge >= 0.3 is 5.97 Å². The maximum absolute atomic E-state index is 11.1. The van der Waals surface area contributed by atoms with Crippen molar-refractivity contribution < 1.29 is 19.1 Å². The van der Waals surface area contributed by atoms with Crippen LogP contribution in [0.4, 0.5) is 5.69 Å². The molecule has 0 fully saturated rings. The van der Waals surface area contributed by atoms with Crippen LogP contribution in [0.5, 0.6) is 11.5 Å². The lowest BCUT2D eigenvalue weighted by atomic mass is 10.2. The second kappa shape index (κ2) is 8.88. The summed E-state index contributed by atoms with van der Waals surface area (Å²) in [4.78, 5) is 15.7. The molecule has 162 valence electrons. The summed E-state index contributed by atoms with van der Waals surface area (Å²) in [5, 5.41) is 10.1. The van der Waals surface area contributed by atoms with Gasteiger partial charge < -0.3 is 18.8 Å². The van der Waals surface area contributed by atoms with E-state index < -0.39 is 5.97 Å². The number of nitrogens with zero attached hydrogens (tertiary/aromatic N) is 2. The maximum Gasteiger partial charge on any atom is 0.371 e. The van der Waals surface area contributed by atoms with E-state index in [2.05, 4.69) is 4.99 Å². The number of rotatable bonds is 7. The number of aromatic nitrogens is 1. The fourth-order valence-corrected chi connectivity index (χ4v) is 3.62. The number of aromatic carboxylic acids is 1. The molecule has 0 bridgehead atoms. The highest BCUT2D eigenvalue weighted by Gasteiger charge is 2.12. The van der Waals surface area contributed by atoms with E-state index in [1.807, 2.05) is 95.8 Å². The second-order valence-electron chi connectivity index (χ2n) is 7.47. The van der Waals surface area contributed by atoms with Crippen LogP contribution in [0.1, 0.15) is 21.9 Å². The first kappa shape index (κ1) is 20.3. The molecule has 6 heteroatoms. The molecule has 33 heavy (non-hydrogen) atoms. The molecule has 5 rings (SSSR count). The molecule has 0 aliphatic rings. The van der Waals surface area contributed by atoms with Crippen LogP contribution in [0.3, 0.4) is 0 Å². The summed E-state index contributed by atoms with van der Waals surface area (Å²) in [5.41, 5.74) is 2.78. The van der Waals surface area contributed by atoms with Crippen LogP contribution in [0.25, 0.3) is 10.9 Å². The Balaban J connectivity index is 1.37. The van der Waals surface area contributed by atoms with E-state index in [9.17, 15) is 4.79 Å². The number of hydrogen-bond acceptors (Lipinski definition) is 4. The molecule has 2 heterocycles. The number of ether oxygens (including phenoxy) is 1. The number of carboxylic acids is 1. The van der Waals surface area contributed by atoms with Crippen molar-refractivity contribution in [1.82, 2.24) is 4.57 Å². The third-order valence-corrected chi connectivity index (χ3v) is 5.19. The highest BCUT2D eigenvalue weighted by molar-refractivity contribution is 6.00. The first-order valence-electron chi connectivity index (χ1n) is 10.4. The van der Waals surface area contributed by atoms with Gasteiger partial charge in [0.1, 0.15) is 17.3 Å². The predicted molar refractivity (Wildman–Crippen MR) is 127 cm³/mol. The minimum Gasteiger partial charge on any atom is -0.475 e. The molecule has 0 amide bonds. The standard InChI is InChI=1S/C27H20N2O4/c30-27(31)26-15-14-23(33-26)18-29-17-19(24-8-4-5-9-25(24)29)16-28-20-10-12-22(13-11-20)32-21-6-2-1-3-7-21/h1-17H,18H2,(H,30,31). The van der Waals surface area contributed by atoms with E-state index in [0.717, 1.165) is 33.7 Å². The normalized spacial score (nSPS) is 11.3. The molecule has 3 aromatic carbocycles. The minimum atomic E-state index is -1.08. The average molecular weight is 436 g/mol. The van der Waals surface area contributed by atoms with E-state index in [-0.39, 0.29) is 5.76 Å². The van der Waals surface area contributed by atoms with Crippen LogP contribution >= 0.6 is 0 Å². The zero-order valence-corrected chi connectivity index (χ0v) is 17.6. The fraction of sp³-hybridized carbons (Fsp3) is 0.0370. The molecular weight excluding hydrogens is 416 g/mol. The van der Waals surface area contributed by atoms with Gasteiger partial charge in [0.2, 0.25) is 5.76 Å². The van der Waals surface area contributed by atoms with Crippen LogP contribution in [0.15, 0.2) is 107 Å². The number of furan rings is 1. The zero-order valence-electron chi connectivity index (χ0n) is 17.6. The van der Waals surface area contributed by atoms with Crippen molar-refractivity contribution in [2.45, 2.75) is 6.54 Å². The van der Waals surface area contributed by atoms with Crippen molar-refractivity contribution in [3.05, 3.63) is 114 Å². The van der Waals surface area contributed by atoms with Gasteiger partial charge in [-0.05, 0) is 54.6 Å². The highest BCUT2D eigenvalue weighted by atomic mass is 16.5. The van der Waals surface area contributed by atoms with Gasteiger partial charge in [-0.2, -0.15) is 0 Å². The van der Waals surface area contributed by atoms with Gasteiger partial charge in [-0.3, -0.25) is 4.99 Å². The molecular formula is C27H20N2O4. The minimum absolute atomic E-state index is 0.0667. The Morgan fingerprint density at radius 3 is 2.39 bits per heavy atom. The first-order chi connectivity index (χ1) is 16.2. The van der Waals surface area contributed by atoms with Crippen molar-refractivity contribution in [3.8, 4) is 11.5 Å². The molecule has 0 radical (unpaired) electrons. The quantitative estimate of drug-likeness (QED) is 0.295. The van der Waals surface area contributed by atoms with Crippen molar-refractivity contribution in [2.24, 2.45) is 4.99 Å². The van der Waals surface area contributed by atoms with Crippen LogP contribution in [0, 0.1) is 0 Å². The number of carboxylic acid groups (broad SMARTS) is 1. The van der Waals surface area contributed by atoms with Crippen molar-refractivity contribution >= 4 is 28.8 Å². The number of fused-ring (bicyclic) bond motifs is 1. The molecule has 0 saturated heterocycles. The van der Waals surface area contributed by atoms with Gasteiger partial charge in [-0.15, -0.1) is 0 Å². The lowest BCUT2D eigenvalue weighted by Gasteiger charge is -2.05. The van der Waals surface area contributed by atoms with Gasteiger partial charge in [-0.25, -0.2) is 4.79 Å². The smallest absolute Gasteiger partial charge is 0.371 e. The van der Waals surface area contributed by atoms with E-state index in [0.29, 0.717) is 12.3 Å². The summed E-state index contributed by atoms with van der Waals surface area (Å²) in [6.07, 6.45) is 3.82. The second-order valence-corrected chi connectivity index (χ2v) is 7.47. The van der Waals surface area contributed by atoms with E-state index in [4.69, 9.17) is 14.3 Å². The Bertz CT molecular complexity index is 1430. The van der Waals surface area contributed by atoms with Crippen molar-refractivity contribution in [2.75, 3.05) is 0 Å². The third kappa shape index (κ3) is 4.55. The average Bonchev–Trinajstić information content (AvgIpc) is 3.45. The predicted octanol–water partition coefficient (Wildman–Crippen LogP) is 6.52. The molecule has 0 spiro atoms. The van der Waals surface area contributed by atoms with Gasteiger partial charge in [0.25, 0.3) is 0 Å². The highest BCUT2D eigenvalue weighted by Crippen LogP contribution is 2.25. The van der Waals surface area contributed by atoms with Crippen LogP contribution in [0.2, 0.25) is 0 Å². The number of carbonyl (C=O) groups is 1. The fourth-order valence-electron chi connectivity index (χ4n) is 3.62. The lowest BCUT2D eigenvalue weighted by molar-refractivity contribution is 0.0660. The van der Waals surface area contributed by atoms with Crippen LogP contribution in [-0.4, -0.2) is 21.9 Å². The monoisotopic (exact) mass is 436 g/mol. The van der Waals surface area contributed by atoms with Crippen LogP contribution < -0.4 is 4.74 Å². The van der Waals surface area contributed by atoms with Gasteiger partial charge in [-0.1, -0.05) is 36.4 Å². The Morgan fingerprint density at radius 1 is 0.909 bits per heavy atom. The molecule has 0 saturated carbocycles. The molecule has 1 N–H and O–H groups in total. The molecule has 6 nitrogen and oxygen atoms in total. The van der Waals surface area contributed by atoms with Gasteiger partial charge in [0.05, 0.1) is 12.2 Å². The van der Waals surface area contributed by atoms with Gasteiger partial charge in [0, 0.05) is 28.9 Å². The lowest BCUT2D eigenvalue weighted by Crippen LogP contribution is -1.97. The SMILES string of the molecule is O=C(O)c1ccc(Cn2cc(C=Nc3ccc(Oc4ccccc4)cc3)c3ccccc32)o1. The summed E-state index contributed by atoms with van der Waals surface area (Å²) in [6.45, 7) is 0.424. The van der Waals surface area contributed by atoms with Gasteiger partial charge in [0.15, 0.2) is 0 Å².